The summed E-state index contributed by atoms with van der Waals surface area (Å²) >= 11 is 0. The zero-order valence-electron chi connectivity index (χ0n) is 19.9. The molecule has 1 heteroatoms. The Bertz CT molecular complexity index is 2160. The first-order chi connectivity index (χ1) is 17.8. The minimum absolute atomic E-state index is 0.965. The Kier molecular flexibility index (Phi) is 3.93. The van der Waals surface area contributed by atoms with Crippen LogP contribution in [0.1, 0.15) is 5.56 Å². The maximum atomic E-state index is 6.82. The van der Waals surface area contributed by atoms with Gasteiger partial charge in [-0.1, -0.05) is 103 Å². The Morgan fingerprint density at radius 3 is 1.89 bits per heavy atom. The quantitative estimate of drug-likeness (QED) is 0.176. The molecule has 0 bridgehead atoms. The van der Waals surface area contributed by atoms with Gasteiger partial charge in [0.1, 0.15) is 11.2 Å². The van der Waals surface area contributed by atoms with Gasteiger partial charge in [0.25, 0.3) is 0 Å². The molecule has 8 aromatic rings. The van der Waals surface area contributed by atoms with E-state index >= 15 is 0 Å². The second kappa shape index (κ2) is 7.19. The minimum atomic E-state index is 0.965. The fourth-order valence-electron chi connectivity index (χ4n) is 6.08. The first-order valence-electron chi connectivity index (χ1n) is 12.4. The largest absolute Gasteiger partial charge is 0.455 e. The average Bonchev–Trinajstić information content (AvgIpc) is 3.33. The van der Waals surface area contributed by atoms with Crippen molar-refractivity contribution in [3.63, 3.8) is 0 Å². The number of fused-ring (bicyclic) bond motifs is 9. The van der Waals surface area contributed by atoms with Gasteiger partial charge in [-0.05, 0) is 62.3 Å². The summed E-state index contributed by atoms with van der Waals surface area (Å²) in [5, 5.41) is 12.3. The summed E-state index contributed by atoms with van der Waals surface area (Å²) in [5.41, 5.74) is 5.55. The second-order valence-corrected chi connectivity index (χ2v) is 9.75. The van der Waals surface area contributed by atoms with E-state index in [-0.39, 0.29) is 0 Å². The van der Waals surface area contributed by atoms with Crippen LogP contribution in [0.2, 0.25) is 0 Å². The van der Waals surface area contributed by atoms with Crippen molar-refractivity contribution in [2.45, 2.75) is 6.92 Å². The van der Waals surface area contributed by atoms with Gasteiger partial charge in [-0.25, -0.2) is 0 Å². The number of hydrogen-bond donors (Lipinski definition) is 0. The predicted octanol–water partition coefficient (Wildman–Crippen LogP) is 10.2. The zero-order valence-corrected chi connectivity index (χ0v) is 19.9. The fourth-order valence-corrected chi connectivity index (χ4v) is 6.08. The highest BCUT2D eigenvalue weighted by atomic mass is 16.3. The van der Waals surface area contributed by atoms with Gasteiger partial charge < -0.3 is 4.42 Å². The van der Waals surface area contributed by atoms with Crippen LogP contribution < -0.4 is 0 Å². The maximum absolute atomic E-state index is 6.82. The summed E-state index contributed by atoms with van der Waals surface area (Å²) < 4.78 is 6.82. The molecule has 0 N–H and O–H groups in total. The van der Waals surface area contributed by atoms with E-state index in [1.807, 2.05) is 0 Å². The highest BCUT2D eigenvalue weighted by Crippen LogP contribution is 2.45. The lowest BCUT2D eigenvalue weighted by Gasteiger charge is -2.15. The molecule has 0 amide bonds. The monoisotopic (exact) mass is 458 g/mol. The van der Waals surface area contributed by atoms with E-state index in [4.69, 9.17) is 4.42 Å². The molecule has 0 atom stereocenters. The van der Waals surface area contributed by atoms with Gasteiger partial charge in [0.15, 0.2) is 0 Å². The van der Waals surface area contributed by atoms with E-state index in [2.05, 4.69) is 122 Å². The topological polar surface area (TPSA) is 13.1 Å². The minimum Gasteiger partial charge on any atom is -0.455 e. The Balaban J connectivity index is 1.60. The summed E-state index contributed by atoms with van der Waals surface area (Å²) in [7, 11) is 0. The molecule has 0 unspecified atom stereocenters. The third-order valence-electron chi connectivity index (χ3n) is 7.76. The van der Waals surface area contributed by atoms with Crippen molar-refractivity contribution in [2.24, 2.45) is 0 Å². The third-order valence-corrected chi connectivity index (χ3v) is 7.76. The lowest BCUT2D eigenvalue weighted by Crippen LogP contribution is -1.88. The van der Waals surface area contributed by atoms with Crippen LogP contribution in [-0.2, 0) is 0 Å². The molecule has 1 heterocycles. The Hall–Kier alpha value is -4.62. The molecule has 168 valence electrons. The molecule has 36 heavy (non-hydrogen) atoms. The molecular formula is C35H22O. The van der Waals surface area contributed by atoms with Crippen molar-refractivity contribution in [3.8, 4) is 11.1 Å². The smallest absolute Gasteiger partial charge is 0.143 e. The molecule has 0 aliphatic rings. The van der Waals surface area contributed by atoms with Crippen LogP contribution in [0.3, 0.4) is 0 Å². The van der Waals surface area contributed by atoms with E-state index in [1.54, 1.807) is 0 Å². The second-order valence-electron chi connectivity index (χ2n) is 9.75. The molecule has 0 saturated carbocycles. The van der Waals surface area contributed by atoms with Gasteiger partial charge in [-0.15, -0.1) is 0 Å². The lowest BCUT2D eigenvalue weighted by molar-refractivity contribution is 0.673. The highest BCUT2D eigenvalue weighted by Gasteiger charge is 2.19. The Morgan fingerprint density at radius 2 is 1.08 bits per heavy atom. The van der Waals surface area contributed by atoms with Gasteiger partial charge in [0.05, 0.1) is 0 Å². The maximum Gasteiger partial charge on any atom is 0.143 e. The predicted molar refractivity (Wildman–Crippen MR) is 154 cm³/mol. The van der Waals surface area contributed by atoms with Gasteiger partial charge >= 0.3 is 0 Å². The molecule has 1 aromatic heterocycles. The lowest BCUT2D eigenvalue weighted by atomic mass is 9.88. The first kappa shape index (κ1) is 19.7. The van der Waals surface area contributed by atoms with Crippen LogP contribution in [0.4, 0.5) is 0 Å². The van der Waals surface area contributed by atoms with Gasteiger partial charge in [0, 0.05) is 27.3 Å². The summed E-state index contributed by atoms with van der Waals surface area (Å²) in [6.45, 7) is 2.19. The van der Waals surface area contributed by atoms with Crippen LogP contribution in [0, 0.1) is 6.92 Å². The molecule has 0 aliphatic heterocycles. The zero-order chi connectivity index (χ0) is 23.8. The Labute approximate surface area is 208 Å². The van der Waals surface area contributed by atoms with E-state index in [1.165, 1.54) is 59.6 Å². The van der Waals surface area contributed by atoms with Crippen molar-refractivity contribution >= 4 is 65.0 Å². The molecular weight excluding hydrogens is 436 g/mol. The van der Waals surface area contributed by atoms with Gasteiger partial charge in [0.2, 0.25) is 0 Å². The molecule has 0 saturated heterocycles. The number of aryl methyl sites for hydroxylation is 1. The summed E-state index contributed by atoms with van der Waals surface area (Å²) in [6, 6.07) is 41.7. The van der Waals surface area contributed by atoms with Crippen molar-refractivity contribution in [2.75, 3.05) is 0 Å². The van der Waals surface area contributed by atoms with Crippen molar-refractivity contribution < 1.29 is 4.42 Å². The van der Waals surface area contributed by atoms with Crippen LogP contribution in [0.5, 0.6) is 0 Å². The van der Waals surface area contributed by atoms with E-state index < -0.39 is 0 Å². The normalized spacial score (nSPS) is 12.0. The number of hydrogen-bond acceptors (Lipinski definition) is 1. The fraction of sp³-hybridized carbons (Fsp3) is 0.0286. The standard InChI is InChI=1S/C35H22O/c1-21-14-17-30(35-32(21)29-19-16-23-9-3-7-13-27(23)34(29)36-35)33-26-12-6-4-10-24(26)20-31-25-11-5-2-8-22(25)15-18-28(31)33/h2-20H,1H3. The number of furan rings is 1. The third kappa shape index (κ3) is 2.60. The summed E-state index contributed by atoms with van der Waals surface area (Å²) in [4.78, 5) is 0. The van der Waals surface area contributed by atoms with Crippen molar-refractivity contribution in [3.05, 3.63) is 121 Å². The van der Waals surface area contributed by atoms with E-state index in [9.17, 15) is 0 Å². The van der Waals surface area contributed by atoms with E-state index in [0.29, 0.717) is 0 Å². The van der Waals surface area contributed by atoms with Gasteiger partial charge in [-0.3, -0.25) is 0 Å². The van der Waals surface area contributed by atoms with Crippen LogP contribution in [-0.4, -0.2) is 0 Å². The van der Waals surface area contributed by atoms with Crippen LogP contribution >= 0.6 is 0 Å². The van der Waals surface area contributed by atoms with E-state index in [0.717, 1.165) is 22.1 Å². The molecule has 8 rings (SSSR count). The molecule has 1 nitrogen and oxygen atoms in total. The summed E-state index contributed by atoms with van der Waals surface area (Å²) in [5.74, 6) is 0. The molecule has 0 radical (unpaired) electrons. The van der Waals surface area contributed by atoms with Crippen LogP contribution in [0.25, 0.3) is 76.2 Å². The van der Waals surface area contributed by atoms with Gasteiger partial charge in [-0.2, -0.15) is 0 Å². The highest BCUT2D eigenvalue weighted by molar-refractivity contribution is 6.24. The number of rotatable bonds is 1. The average molecular weight is 459 g/mol. The SMILES string of the molecule is Cc1ccc(-c2c3ccccc3cc3c2ccc2ccccc23)c2oc3c4ccccc4ccc3c12. The molecule has 7 aromatic carbocycles. The molecule has 0 spiro atoms. The van der Waals surface area contributed by atoms with Crippen LogP contribution in [0.15, 0.2) is 120 Å². The Morgan fingerprint density at radius 1 is 0.444 bits per heavy atom. The molecule has 0 fully saturated rings. The number of benzene rings is 7. The first-order valence-corrected chi connectivity index (χ1v) is 12.4. The summed E-state index contributed by atoms with van der Waals surface area (Å²) in [6.07, 6.45) is 0. The molecule has 0 aliphatic carbocycles. The van der Waals surface area contributed by atoms with Crippen molar-refractivity contribution in [1.29, 1.82) is 0 Å². The van der Waals surface area contributed by atoms with Crippen molar-refractivity contribution in [1.82, 2.24) is 0 Å².